The fourth-order valence-electron chi connectivity index (χ4n) is 3.36. The Hall–Kier alpha value is -0.920. The van der Waals surface area contributed by atoms with E-state index in [1.54, 1.807) is 0 Å². The molecule has 0 atom stereocenters. The van der Waals surface area contributed by atoms with Gasteiger partial charge in [0.25, 0.3) is 0 Å². The zero-order valence-electron chi connectivity index (χ0n) is 27.5. The van der Waals surface area contributed by atoms with Gasteiger partial charge in [-0.05, 0) is 6.42 Å². The van der Waals surface area contributed by atoms with Gasteiger partial charge in [-0.1, -0.05) is 38.5 Å². The topological polar surface area (TPSA) is 111 Å². The van der Waals surface area contributed by atoms with Crippen molar-refractivity contribution < 1.29 is 56.8 Å². The second-order valence-corrected chi connectivity index (χ2v) is 9.41. The summed E-state index contributed by atoms with van der Waals surface area (Å²) < 4.78 is 65.2. The molecule has 0 aromatic carbocycles. The Labute approximate surface area is 266 Å². The number of rotatable bonds is 40. The van der Waals surface area contributed by atoms with E-state index in [-0.39, 0.29) is 0 Å². The third kappa shape index (κ3) is 41.1. The average molecular weight is 639 g/mol. The standard InChI is InChI=1S/C32H62O12/c1-3-5-6-7-8-10-34-12-14-36-16-18-38-20-22-40-24-26-42-28-30-44-32-31-43-29-27-41-25-23-39-21-19-37-17-15-35-13-11-33-9-4-2/h2H,3,5-32H2,1H3. The van der Waals surface area contributed by atoms with Gasteiger partial charge in [0.15, 0.2) is 0 Å². The third-order valence-corrected chi connectivity index (χ3v) is 5.67. The minimum absolute atomic E-state index is 0.309. The van der Waals surface area contributed by atoms with E-state index < -0.39 is 0 Å². The highest BCUT2D eigenvalue weighted by atomic mass is 16.6. The maximum Gasteiger partial charge on any atom is 0.107 e. The second kappa shape index (κ2) is 42.1. The van der Waals surface area contributed by atoms with Crippen LogP contribution in [0.2, 0.25) is 0 Å². The van der Waals surface area contributed by atoms with Crippen molar-refractivity contribution >= 4 is 0 Å². The minimum atomic E-state index is 0.309. The normalized spacial score (nSPS) is 11.4. The highest BCUT2D eigenvalue weighted by molar-refractivity contribution is 4.82. The number of ether oxygens (including phenoxy) is 12. The summed E-state index contributed by atoms with van der Waals surface area (Å²) in [4.78, 5) is 0. The lowest BCUT2D eigenvalue weighted by molar-refractivity contribution is -0.0281. The number of hydrogen-bond donors (Lipinski definition) is 0. The molecule has 0 heterocycles. The van der Waals surface area contributed by atoms with Crippen molar-refractivity contribution in [2.24, 2.45) is 0 Å². The fraction of sp³-hybridized carbons (Fsp3) is 0.938. The van der Waals surface area contributed by atoms with E-state index >= 15 is 0 Å². The molecule has 0 bridgehead atoms. The van der Waals surface area contributed by atoms with Crippen molar-refractivity contribution in [3.05, 3.63) is 0 Å². The highest BCUT2D eigenvalue weighted by Crippen LogP contribution is 2.02. The van der Waals surface area contributed by atoms with Gasteiger partial charge in [-0.3, -0.25) is 0 Å². The molecule has 0 aliphatic heterocycles. The molecule has 0 saturated carbocycles. The van der Waals surface area contributed by atoms with Crippen molar-refractivity contribution in [1.82, 2.24) is 0 Å². The Morgan fingerprint density at radius 1 is 0.295 bits per heavy atom. The van der Waals surface area contributed by atoms with Crippen LogP contribution >= 0.6 is 0 Å². The first kappa shape index (κ1) is 43.1. The van der Waals surface area contributed by atoms with Crippen LogP contribution in [0.25, 0.3) is 0 Å². The molecule has 0 aromatic heterocycles. The first-order valence-corrected chi connectivity index (χ1v) is 16.3. The summed E-state index contributed by atoms with van der Waals surface area (Å²) in [6.07, 6.45) is 11.4. The molecule has 0 saturated heterocycles. The van der Waals surface area contributed by atoms with E-state index in [4.69, 9.17) is 63.3 Å². The van der Waals surface area contributed by atoms with E-state index in [2.05, 4.69) is 12.8 Å². The van der Waals surface area contributed by atoms with Crippen molar-refractivity contribution in [2.45, 2.75) is 39.0 Å². The molecule has 0 aromatic rings. The van der Waals surface area contributed by atoms with Gasteiger partial charge in [-0.25, -0.2) is 0 Å². The molecule has 0 spiro atoms. The highest BCUT2D eigenvalue weighted by Gasteiger charge is 1.97. The first-order valence-electron chi connectivity index (χ1n) is 16.3. The smallest absolute Gasteiger partial charge is 0.107 e. The molecular formula is C32H62O12. The molecule has 0 N–H and O–H groups in total. The predicted molar refractivity (Wildman–Crippen MR) is 167 cm³/mol. The molecule has 44 heavy (non-hydrogen) atoms. The largest absolute Gasteiger partial charge is 0.379 e. The van der Waals surface area contributed by atoms with Crippen LogP contribution in [0.3, 0.4) is 0 Å². The summed E-state index contributed by atoms with van der Waals surface area (Å²) in [5, 5.41) is 0. The van der Waals surface area contributed by atoms with E-state index in [1.165, 1.54) is 25.7 Å². The van der Waals surface area contributed by atoms with Gasteiger partial charge in [-0.2, -0.15) is 0 Å². The summed E-state index contributed by atoms with van der Waals surface area (Å²) in [6, 6.07) is 0. The molecule has 12 heteroatoms. The molecule has 0 rings (SSSR count). The van der Waals surface area contributed by atoms with Gasteiger partial charge in [0.1, 0.15) is 6.61 Å². The summed E-state index contributed by atoms with van der Waals surface area (Å²) in [5.74, 6) is 2.40. The number of unbranched alkanes of at least 4 members (excludes halogenated alkanes) is 4. The van der Waals surface area contributed by atoms with Crippen LogP contribution in [0.4, 0.5) is 0 Å². The van der Waals surface area contributed by atoms with E-state index in [0.29, 0.717) is 152 Å². The Morgan fingerprint density at radius 2 is 0.523 bits per heavy atom. The maximum atomic E-state index is 5.56. The maximum absolute atomic E-state index is 5.56. The van der Waals surface area contributed by atoms with Crippen LogP contribution in [-0.2, 0) is 56.8 Å². The molecule has 0 radical (unpaired) electrons. The monoisotopic (exact) mass is 638 g/mol. The second-order valence-electron chi connectivity index (χ2n) is 9.41. The lowest BCUT2D eigenvalue weighted by Gasteiger charge is -2.09. The third-order valence-electron chi connectivity index (χ3n) is 5.67. The number of hydrogen-bond acceptors (Lipinski definition) is 12. The fourth-order valence-corrected chi connectivity index (χ4v) is 3.36. The van der Waals surface area contributed by atoms with Crippen LogP contribution in [0.5, 0.6) is 0 Å². The summed E-state index contributed by atoms with van der Waals surface area (Å²) in [7, 11) is 0. The van der Waals surface area contributed by atoms with E-state index in [9.17, 15) is 0 Å². The molecular weight excluding hydrogens is 576 g/mol. The quantitative estimate of drug-likeness (QED) is 0.0727. The minimum Gasteiger partial charge on any atom is -0.379 e. The molecule has 0 amide bonds. The van der Waals surface area contributed by atoms with Crippen LogP contribution in [0.15, 0.2) is 0 Å². The molecule has 0 aliphatic rings. The van der Waals surface area contributed by atoms with Crippen molar-refractivity contribution in [2.75, 3.05) is 159 Å². The van der Waals surface area contributed by atoms with E-state index in [1.807, 2.05) is 0 Å². The van der Waals surface area contributed by atoms with Crippen LogP contribution in [0.1, 0.15) is 39.0 Å². The summed E-state index contributed by atoms with van der Waals surface area (Å²) in [6.45, 7) is 15.0. The van der Waals surface area contributed by atoms with Gasteiger partial charge in [0.05, 0.1) is 145 Å². The molecule has 0 unspecified atom stereocenters. The zero-order valence-corrected chi connectivity index (χ0v) is 27.5. The van der Waals surface area contributed by atoms with Gasteiger partial charge >= 0.3 is 0 Å². The Bertz CT molecular complexity index is 550. The van der Waals surface area contributed by atoms with Crippen molar-refractivity contribution in [3.8, 4) is 12.3 Å². The average Bonchev–Trinajstić information content (AvgIpc) is 3.04. The van der Waals surface area contributed by atoms with E-state index in [0.717, 1.165) is 13.0 Å². The predicted octanol–water partition coefficient (Wildman–Crippen LogP) is 2.79. The lowest BCUT2D eigenvalue weighted by atomic mass is 10.2. The molecule has 0 fully saturated rings. The Kier molecular flexibility index (Phi) is 41.2. The van der Waals surface area contributed by atoms with Crippen molar-refractivity contribution in [1.29, 1.82) is 0 Å². The Balaban J connectivity index is 3.03. The lowest BCUT2D eigenvalue weighted by Crippen LogP contribution is -2.15. The van der Waals surface area contributed by atoms with Gasteiger partial charge in [0, 0.05) is 6.61 Å². The van der Waals surface area contributed by atoms with Gasteiger partial charge in [-0.15, -0.1) is 6.42 Å². The van der Waals surface area contributed by atoms with Crippen LogP contribution in [0, 0.1) is 12.3 Å². The van der Waals surface area contributed by atoms with Crippen molar-refractivity contribution in [3.63, 3.8) is 0 Å². The Morgan fingerprint density at radius 3 is 0.773 bits per heavy atom. The van der Waals surface area contributed by atoms with Crippen LogP contribution in [-0.4, -0.2) is 159 Å². The zero-order chi connectivity index (χ0) is 31.7. The first-order chi connectivity index (χ1) is 21.9. The summed E-state index contributed by atoms with van der Waals surface area (Å²) >= 11 is 0. The molecule has 0 aliphatic carbocycles. The molecule has 262 valence electrons. The van der Waals surface area contributed by atoms with Gasteiger partial charge < -0.3 is 56.8 Å². The van der Waals surface area contributed by atoms with Crippen LogP contribution < -0.4 is 0 Å². The van der Waals surface area contributed by atoms with Gasteiger partial charge in [0.2, 0.25) is 0 Å². The number of terminal acetylenes is 1. The SMILES string of the molecule is C#CCOCCOCCOCCOCCOCCOCCOCCOCCOCCOCCOCCOCCCCCCC. The molecule has 12 nitrogen and oxygen atoms in total. The summed E-state index contributed by atoms with van der Waals surface area (Å²) in [5.41, 5.74) is 0.